The minimum Gasteiger partial charge on any atom is -0.304 e. The predicted octanol–water partition coefficient (Wildman–Crippen LogP) is 2.06. The number of Topliss-reactive ketones (excluding diaryl/α,β-unsaturated/α-hetero) is 1. The van der Waals surface area contributed by atoms with E-state index in [1.807, 2.05) is 38.1 Å². The Kier molecular flexibility index (Phi) is 4.72. The molecule has 19 heavy (non-hydrogen) atoms. The van der Waals surface area contributed by atoms with Crippen LogP contribution in [0.3, 0.4) is 0 Å². The van der Waals surface area contributed by atoms with Crippen molar-refractivity contribution in [3.8, 4) is 0 Å². The molecule has 1 atom stereocenters. The van der Waals surface area contributed by atoms with Gasteiger partial charge in [-0.2, -0.15) is 0 Å². The number of ketones is 1. The van der Waals surface area contributed by atoms with E-state index in [1.165, 1.54) is 5.56 Å². The van der Waals surface area contributed by atoms with Crippen molar-refractivity contribution in [2.45, 2.75) is 13.8 Å². The molecule has 1 aromatic carbocycles. The van der Waals surface area contributed by atoms with E-state index in [0.717, 1.165) is 38.3 Å². The van der Waals surface area contributed by atoms with Crippen molar-refractivity contribution in [3.05, 3.63) is 35.4 Å². The van der Waals surface area contributed by atoms with Gasteiger partial charge in [0.25, 0.3) is 0 Å². The molecule has 1 aliphatic heterocycles. The average Bonchev–Trinajstić information content (AvgIpc) is 2.41. The highest BCUT2D eigenvalue weighted by Gasteiger charge is 2.20. The Morgan fingerprint density at radius 2 is 1.74 bits per heavy atom. The van der Waals surface area contributed by atoms with Crippen molar-refractivity contribution in [3.63, 3.8) is 0 Å². The van der Waals surface area contributed by atoms with Gasteiger partial charge in [-0.05, 0) is 14.0 Å². The summed E-state index contributed by atoms with van der Waals surface area (Å²) in [5, 5.41) is 0. The van der Waals surface area contributed by atoms with Gasteiger partial charge in [-0.1, -0.05) is 36.8 Å². The molecule has 3 nitrogen and oxygen atoms in total. The number of nitrogens with zero attached hydrogens (tertiary/aromatic N) is 2. The number of piperazine rings is 1. The van der Waals surface area contributed by atoms with Gasteiger partial charge in [-0.3, -0.25) is 4.79 Å². The van der Waals surface area contributed by atoms with Crippen molar-refractivity contribution < 1.29 is 4.79 Å². The quantitative estimate of drug-likeness (QED) is 0.774. The van der Waals surface area contributed by atoms with Crippen LogP contribution in [0.25, 0.3) is 0 Å². The van der Waals surface area contributed by atoms with E-state index in [2.05, 4.69) is 16.8 Å². The predicted molar refractivity (Wildman–Crippen MR) is 78.6 cm³/mol. The molecule has 0 aromatic heterocycles. The molecule has 1 fully saturated rings. The first-order valence-electron chi connectivity index (χ1n) is 7.08. The fourth-order valence-corrected chi connectivity index (χ4v) is 2.50. The van der Waals surface area contributed by atoms with E-state index in [1.54, 1.807) is 0 Å². The zero-order valence-electron chi connectivity index (χ0n) is 12.2. The second-order valence-electron chi connectivity index (χ2n) is 5.74. The largest absolute Gasteiger partial charge is 0.304 e. The van der Waals surface area contributed by atoms with E-state index in [4.69, 9.17) is 0 Å². The van der Waals surface area contributed by atoms with Crippen LogP contribution in [0.4, 0.5) is 0 Å². The van der Waals surface area contributed by atoms with Crippen LogP contribution in [0.1, 0.15) is 22.8 Å². The average molecular weight is 260 g/mol. The maximum Gasteiger partial charge on any atom is 0.166 e. The molecule has 1 saturated heterocycles. The van der Waals surface area contributed by atoms with Crippen LogP contribution in [-0.4, -0.2) is 55.4 Å². The molecule has 1 aromatic rings. The standard InChI is InChI=1S/C16H24N2O/c1-13-4-6-15(7-5-13)16(19)14(2)12-18-10-8-17(3)9-11-18/h4-7,14H,8-12H2,1-3H3. The number of hydrogen-bond donors (Lipinski definition) is 0. The summed E-state index contributed by atoms with van der Waals surface area (Å²) < 4.78 is 0. The highest BCUT2D eigenvalue weighted by atomic mass is 16.1. The maximum absolute atomic E-state index is 12.4. The molecule has 1 aliphatic rings. The van der Waals surface area contributed by atoms with Gasteiger partial charge in [0.15, 0.2) is 5.78 Å². The normalized spacial score (nSPS) is 19.3. The van der Waals surface area contributed by atoms with Crippen molar-refractivity contribution >= 4 is 5.78 Å². The summed E-state index contributed by atoms with van der Waals surface area (Å²) in [5.41, 5.74) is 2.04. The molecular formula is C16H24N2O. The monoisotopic (exact) mass is 260 g/mol. The highest BCUT2D eigenvalue weighted by molar-refractivity contribution is 5.97. The van der Waals surface area contributed by atoms with E-state index in [9.17, 15) is 4.79 Å². The van der Waals surface area contributed by atoms with Gasteiger partial charge in [0.05, 0.1) is 0 Å². The lowest BCUT2D eigenvalue weighted by atomic mass is 9.98. The molecule has 1 heterocycles. The Morgan fingerprint density at radius 1 is 1.16 bits per heavy atom. The second-order valence-corrected chi connectivity index (χ2v) is 5.74. The molecule has 0 spiro atoms. The SMILES string of the molecule is Cc1ccc(C(=O)C(C)CN2CCN(C)CC2)cc1. The molecule has 104 valence electrons. The molecular weight excluding hydrogens is 236 g/mol. The smallest absolute Gasteiger partial charge is 0.166 e. The number of carbonyl (C=O) groups is 1. The molecule has 0 amide bonds. The number of benzene rings is 1. The number of rotatable bonds is 4. The van der Waals surface area contributed by atoms with Gasteiger partial charge in [-0.15, -0.1) is 0 Å². The first-order chi connectivity index (χ1) is 9.06. The Hall–Kier alpha value is -1.19. The van der Waals surface area contributed by atoms with Gasteiger partial charge in [0.1, 0.15) is 0 Å². The maximum atomic E-state index is 12.4. The minimum absolute atomic E-state index is 0.0751. The van der Waals surface area contributed by atoms with Crippen molar-refractivity contribution in [1.29, 1.82) is 0 Å². The van der Waals surface area contributed by atoms with Gasteiger partial charge in [0.2, 0.25) is 0 Å². The lowest BCUT2D eigenvalue weighted by Gasteiger charge is -2.33. The molecule has 0 N–H and O–H groups in total. The van der Waals surface area contributed by atoms with Crippen molar-refractivity contribution in [2.75, 3.05) is 39.8 Å². The summed E-state index contributed by atoms with van der Waals surface area (Å²) in [6.07, 6.45) is 0. The summed E-state index contributed by atoms with van der Waals surface area (Å²) in [6, 6.07) is 7.90. The summed E-state index contributed by atoms with van der Waals surface area (Å²) in [7, 11) is 2.15. The molecule has 2 rings (SSSR count). The zero-order chi connectivity index (χ0) is 13.8. The third-order valence-corrected chi connectivity index (χ3v) is 3.91. The minimum atomic E-state index is 0.0751. The van der Waals surface area contributed by atoms with Crippen LogP contribution >= 0.6 is 0 Å². The lowest BCUT2D eigenvalue weighted by molar-refractivity contribution is 0.0854. The summed E-state index contributed by atoms with van der Waals surface area (Å²) in [6.45, 7) is 9.31. The molecule has 0 bridgehead atoms. The van der Waals surface area contributed by atoms with Crippen LogP contribution in [0.15, 0.2) is 24.3 Å². The Morgan fingerprint density at radius 3 is 2.32 bits per heavy atom. The first kappa shape index (κ1) is 14.2. The third kappa shape index (κ3) is 3.88. The van der Waals surface area contributed by atoms with E-state index in [0.29, 0.717) is 0 Å². The second kappa shape index (κ2) is 6.31. The van der Waals surface area contributed by atoms with Crippen LogP contribution in [-0.2, 0) is 0 Å². The number of likely N-dealkylation sites (N-methyl/N-ethyl adjacent to an activating group) is 1. The van der Waals surface area contributed by atoms with Gasteiger partial charge in [-0.25, -0.2) is 0 Å². The third-order valence-electron chi connectivity index (χ3n) is 3.91. The number of hydrogen-bond acceptors (Lipinski definition) is 3. The van der Waals surface area contributed by atoms with E-state index >= 15 is 0 Å². The van der Waals surface area contributed by atoms with E-state index in [-0.39, 0.29) is 11.7 Å². The number of carbonyl (C=O) groups excluding carboxylic acids is 1. The van der Waals surface area contributed by atoms with Gasteiger partial charge >= 0.3 is 0 Å². The molecule has 3 heteroatoms. The Labute approximate surface area is 116 Å². The Bertz CT molecular complexity index is 419. The van der Waals surface area contributed by atoms with Crippen LogP contribution in [0.2, 0.25) is 0 Å². The topological polar surface area (TPSA) is 23.6 Å². The first-order valence-corrected chi connectivity index (χ1v) is 7.08. The molecule has 0 radical (unpaired) electrons. The van der Waals surface area contributed by atoms with Crippen LogP contribution < -0.4 is 0 Å². The molecule has 0 saturated carbocycles. The van der Waals surface area contributed by atoms with E-state index < -0.39 is 0 Å². The molecule has 0 aliphatic carbocycles. The number of aryl methyl sites for hydroxylation is 1. The zero-order valence-corrected chi connectivity index (χ0v) is 12.2. The highest BCUT2D eigenvalue weighted by Crippen LogP contribution is 2.12. The summed E-state index contributed by atoms with van der Waals surface area (Å²) >= 11 is 0. The Balaban J connectivity index is 1.90. The lowest BCUT2D eigenvalue weighted by Crippen LogP contribution is -2.46. The van der Waals surface area contributed by atoms with Gasteiger partial charge < -0.3 is 9.80 Å². The fourth-order valence-electron chi connectivity index (χ4n) is 2.50. The van der Waals surface area contributed by atoms with Gasteiger partial charge in [0, 0.05) is 44.2 Å². The van der Waals surface area contributed by atoms with Crippen LogP contribution in [0, 0.1) is 12.8 Å². The fraction of sp³-hybridized carbons (Fsp3) is 0.562. The summed E-state index contributed by atoms with van der Waals surface area (Å²) in [5.74, 6) is 0.338. The van der Waals surface area contributed by atoms with Crippen molar-refractivity contribution in [1.82, 2.24) is 9.80 Å². The van der Waals surface area contributed by atoms with Crippen LogP contribution in [0.5, 0.6) is 0 Å². The van der Waals surface area contributed by atoms with Crippen molar-refractivity contribution in [2.24, 2.45) is 5.92 Å². The molecule has 1 unspecified atom stereocenters. The summed E-state index contributed by atoms with van der Waals surface area (Å²) in [4.78, 5) is 17.1.